The van der Waals surface area contributed by atoms with Gasteiger partial charge in [0.2, 0.25) is 0 Å². The number of carbonyl (C=O) groups excluding carboxylic acids is 1. The second-order valence-electron chi connectivity index (χ2n) is 6.38. The maximum Gasteiger partial charge on any atom is 0.255 e. The van der Waals surface area contributed by atoms with Crippen LogP contribution in [0.3, 0.4) is 0 Å². The zero-order valence-electron chi connectivity index (χ0n) is 13.5. The molecule has 2 aromatic rings. The van der Waals surface area contributed by atoms with E-state index in [2.05, 4.69) is 34.1 Å². The molecular weight excluding hydrogens is 302 g/mol. The van der Waals surface area contributed by atoms with Gasteiger partial charge in [-0.05, 0) is 17.7 Å². The van der Waals surface area contributed by atoms with E-state index < -0.39 is 0 Å². The van der Waals surface area contributed by atoms with Crippen molar-refractivity contribution in [1.82, 2.24) is 14.8 Å². The molecule has 124 valence electrons. The van der Waals surface area contributed by atoms with Crippen molar-refractivity contribution in [2.24, 2.45) is 0 Å². The second kappa shape index (κ2) is 6.71. The Hall–Kier alpha value is -2.24. The Bertz CT molecular complexity index is 692. The van der Waals surface area contributed by atoms with Crippen LogP contribution in [0.5, 0.6) is 0 Å². The Balaban J connectivity index is 1.47. The fourth-order valence-electron chi connectivity index (χ4n) is 3.61. The van der Waals surface area contributed by atoms with Crippen LogP contribution in [0.25, 0.3) is 0 Å². The lowest BCUT2D eigenvalue weighted by Crippen LogP contribution is -2.50. The van der Waals surface area contributed by atoms with Gasteiger partial charge >= 0.3 is 0 Å². The summed E-state index contributed by atoms with van der Waals surface area (Å²) in [5, 5.41) is 0. The lowest BCUT2D eigenvalue weighted by Gasteiger charge is -2.36. The van der Waals surface area contributed by atoms with E-state index in [9.17, 15) is 4.79 Å². The highest BCUT2D eigenvalue weighted by molar-refractivity contribution is 5.94. The molecule has 5 nitrogen and oxygen atoms in total. The minimum Gasteiger partial charge on any atom is -0.373 e. The first-order chi connectivity index (χ1) is 11.8. The van der Waals surface area contributed by atoms with Crippen LogP contribution in [0.2, 0.25) is 0 Å². The average Bonchev–Trinajstić information content (AvgIpc) is 3.08. The standard InChI is InChI=1S/C19H21N3O2/c23-19(16-7-4-8-20-11-16)22-13-17-18(14-22)24-10-9-21(17)12-15-5-2-1-3-6-15/h1-8,11,17-18H,9-10,12-14H2/t17-,18-/m1/s1. The van der Waals surface area contributed by atoms with Gasteiger partial charge in [-0.15, -0.1) is 0 Å². The molecule has 1 amide bonds. The Morgan fingerprint density at radius 2 is 2.04 bits per heavy atom. The lowest BCUT2D eigenvalue weighted by atomic mass is 10.1. The molecule has 0 spiro atoms. The van der Waals surface area contributed by atoms with E-state index >= 15 is 0 Å². The average molecular weight is 323 g/mol. The van der Waals surface area contributed by atoms with E-state index in [1.165, 1.54) is 5.56 Å². The van der Waals surface area contributed by atoms with Gasteiger partial charge < -0.3 is 9.64 Å². The SMILES string of the molecule is O=C(c1cccnc1)N1C[C@@H]2[C@@H](C1)OCCN2Cc1ccccc1. The number of amides is 1. The van der Waals surface area contributed by atoms with Crippen molar-refractivity contribution in [3.05, 3.63) is 66.0 Å². The van der Waals surface area contributed by atoms with Gasteiger partial charge in [0, 0.05) is 38.6 Å². The van der Waals surface area contributed by atoms with Gasteiger partial charge in [0.05, 0.1) is 24.3 Å². The summed E-state index contributed by atoms with van der Waals surface area (Å²) in [6.45, 7) is 3.91. The van der Waals surface area contributed by atoms with Crippen LogP contribution in [0.4, 0.5) is 0 Å². The number of likely N-dealkylation sites (tertiary alicyclic amines) is 1. The molecule has 1 aromatic carbocycles. The number of pyridine rings is 1. The minimum absolute atomic E-state index is 0.0424. The van der Waals surface area contributed by atoms with E-state index in [1.807, 2.05) is 17.0 Å². The van der Waals surface area contributed by atoms with Crippen molar-refractivity contribution in [2.75, 3.05) is 26.2 Å². The Kier molecular flexibility index (Phi) is 4.28. The molecule has 2 aliphatic rings. The van der Waals surface area contributed by atoms with Gasteiger partial charge in [-0.25, -0.2) is 0 Å². The summed E-state index contributed by atoms with van der Waals surface area (Å²) in [4.78, 5) is 21.1. The topological polar surface area (TPSA) is 45.7 Å². The summed E-state index contributed by atoms with van der Waals surface area (Å²) in [6, 6.07) is 14.4. The fraction of sp³-hybridized carbons (Fsp3) is 0.368. The lowest BCUT2D eigenvalue weighted by molar-refractivity contribution is -0.0503. The number of nitrogens with zero attached hydrogens (tertiary/aromatic N) is 3. The van der Waals surface area contributed by atoms with Crippen LogP contribution in [0.1, 0.15) is 15.9 Å². The highest BCUT2D eigenvalue weighted by Gasteiger charge is 2.41. The zero-order valence-corrected chi connectivity index (χ0v) is 13.5. The molecular formula is C19H21N3O2. The molecule has 0 aliphatic carbocycles. The number of carbonyl (C=O) groups is 1. The smallest absolute Gasteiger partial charge is 0.255 e. The van der Waals surface area contributed by atoms with E-state index in [0.717, 1.165) is 19.7 Å². The second-order valence-corrected chi connectivity index (χ2v) is 6.38. The van der Waals surface area contributed by atoms with Crippen LogP contribution < -0.4 is 0 Å². The van der Waals surface area contributed by atoms with Gasteiger partial charge in [0.25, 0.3) is 5.91 Å². The van der Waals surface area contributed by atoms with Crippen LogP contribution in [-0.2, 0) is 11.3 Å². The Morgan fingerprint density at radius 3 is 2.83 bits per heavy atom. The maximum atomic E-state index is 12.7. The summed E-state index contributed by atoms with van der Waals surface area (Å²) in [5.74, 6) is 0.0424. The predicted octanol–water partition coefficient (Wildman–Crippen LogP) is 1.81. The quantitative estimate of drug-likeness (QED) is 0.864. The third-order valence-electron chi connectivity index (χ3n) is 4.84. The first-order valence-corrected chi connectivity index (χ1v) is 8.40. The number of fused-ring (bicyclic) bond motifs is 1. The number of aromatic nitrogens is 1. The summed E-state index contributed by atoms with van der Waals surface area (Å²) >= 11 is 0. The van der Waals surface area contributed by atoms with E-state index in [1.54, 1.807) is 18.5 Å². The molecule has 0 saturated carbocycles. The number of ether oxygens (including phenoxy) is 1. The molecule has 0 bridgehead atoms. The highest BCUT2D eigenvalue weighted by atomic mass is 16.5. The van der Waals surface area contributed by atoms with Crippen LogP contribution in [0, 0.1) is 0 Å². The number of hydrogen-bond acceptors (Lipinski definition) is 4. The molecule has 2 atom stereocenters. The van der Waals surface area contributed by atoms with Crippen molar-refractivity contribution >= 4 is 5.91 Å². The van der Waals surface area contributed by atoms with Gasteiger partial charge in [0.1, 0.15) is 0 Å². The summed E-state index contributed by atoms with van der Waals surface area (Å²) in [5.41, 5.74) is 1.95. The van der Waals surface area contributed by atoms with Crippen LogP contribution >= 0.6 is 0 Å². The molecule has 5 heteroatoms. The normalized spacial score (nSPS) is 23.9. The van der Waals surface area contributed by atoms with Gasteiger partial charge in [0.15, 0.2) is 0 Å². The zero-order chi connectivity index (χ0) is 16.4. The van der Waals surface area contributed by atoms with Crippen molar-refractivity contribution in [2.45, 2.75) is 18.7 Å². The third kappa shape index (κ3) is 3.05. The maximum absolute atomic E-state index is 12.7. The first kappa shape index (κ1) is 15.3. The molecule has 4 rings (SSSR count). The molecule has 0 radical (unpaired) electrons. The number of rotatable bonds is 3. The Morgan fingerprint density at radius 1 is 1.17 bits per heavy atom. The van der Waals surface area contributed by atoms with E-state index in [0.29, 0.717) is 18.7 Å². The number of hydrogen-bond donors (Lipinski definition) is 0. The number of morpholine rings is 1. The summed E-state index contributed by atoms with van der Waals surface area (Å²) in [7, 11) is 0. The van der Waals surface area contributed by atoms with Gasteiger partial charge in [-0.1, -0.05) is 30.3 Å². The van der Waals surface area contributed by atoms with E-state index in [-0.39, 0.29) is 18.1 Å². The van der Waals surface area contributed by atoms with Crippen LogP contribution in [0.15, 0.2) is 54.9 Å². The van der Waals surface area contributed by atoms with E-state index in [4.69, 9.17) is 4.74 Å². The first-order valence-electron chi connectivity index (χ1n) is 8.40. The Labute approximate surface area is 141 Å². The summed E-state index contributed by atoms with van der Waals surface area (Å²) < 4.78 is 5.93. The summed E-state index contributed by atoms with van der Waals surface area (Å²) in [6.07, 6.45) is 3.42. The van der Waals surface area contributed by atoms with Crippen molar-refractivity contribution < 1.29 is 9.53 Å². The highest BCUT2D eigenvalue weighted by Crippen LogP contribution is 2.25. The largest absolute Gasteiger partial charge is 0.373 e. The fourth-order valence-corrected chi connectivity index (χ4v) is 3.61. The minimum atomic E-state index is 0.0424. The predicted molar refractivity (Wildman–Crippen MR) is 90.5 cm³/mol. The van der Waals surface area contributed by atoms with Crippen molar-refractivity contribution in [1.29, 1.82) is 0 Å². The van der Waals surface area contributed by atoms with Crippen molar-refractivity contribution in [3.8, 4) is 0 Å². The third-order valence-corrected chi connectivity index (χ3v) is 4.84. The molecule has 24 heavy (non-hydrogen) atoms. The van der Waals surface area contributed by atoms with Crippen LogP contribution in [-0.4, -0.2) is 59.1 Å². The van der Waals surface area contributed by atoms with Gasteiger partial charge in [-0.2, -0.15) is 0 Å². The van der Waals surface area contributed by atoms with Crippen molar-refractivity contribution in [3.63, 3.8) is 0 Å². The molecule has 0 N–H and O–H groups in total. The van der Waals surface area contributed by atoms with Gasteiger partial charge in [-0.3, -0.25) is 14.7 Å². The molecule has 2 saturated heterocycles. The molecule has 0 unspecified atom stereocenters. The molecule has 2 fully saturated rings. The molecule has 1 aromatic heterocycles. The molecule has 3 heterocycles. The number of benzene rings is 1. The monoisotopic (exact) mass is 323 g/mol. The molecule has 2 aliphatic heterocycles.